The first-order valence-electron chi connectivity index (χ1n) is 6.33. The van der Waals surface area contributed by atoms with Crippen LogP contribution in [0.3, 0.4) is 0 Å². The van der Waals surface area contributed by atoms with Crippen molar-refractivity contribution in [2.24, 2.45) is 5.73 Å². The zero-order valence-electron chi connectivity index (χ0n) is 11.5. The molecule has 0 spiro atoms. The fourth-order valence-electron chi connectivity index (χ4n) is 2.19. The number of hydrogen-bond donors (Lipinski definition) is 1. The van der Waals surface area contributed by atoms with Crippen molar-refractivity contribution in [2.75, 3.05) is 7.05 Å². The zero-order valence-corrected chi connectivity index (χ0v) is 12.2. The van der Waals surface area contributed by atoms with E-state index in [1.807, 2.05) is 6.07 Å². The van der Waals surface area contributed by atoms with Gasteiger partial charge in [0.25, 0.3) is 0 Å². The van der Waals surface area contributed by atoms with Crippen LogP contribution in [0.5, 0.6) is 0 Å². The minimum Gasteiger partial charge on any atom is -0.368 e. The molecule has 0 saturated carbocycles. The number of aromatic nitrogens is 1. The second-order valence-corrected chi connectivity index (χ2v) is 5.15. The van der Waals surface area contributed by atoms with Gasteiger partial charge in [-0.25, -0.2) is 9.37 Å². The van der Waals surface area contributed by atoms with Gasteiger partial charge in [-0.2, -0.15) is 0 Å². The molecule has 2 aromatic rings. The van der Waals surface area contributed by atoms with E-state index in [0.717, 1.165) is 5.56 Å². The average Bonchev–Trinajstić information content (AvgIpc) is 2.41. The van der Waals surface area contributed by atoms with Gasteiger partial charge in [-0.3, -0.25) is 9.69 Å². The summed E-state index contributed by atoms with van der Waals surface area (Å²) < 4.78 is 13.3. The molecule has 1 amide bonds. The summed E-state index contributed by atoms with van der Waals surface area (Å²) in [6.45, 7) is 0.439. The van der Waals surface area contributed by atoms with Gasteiger partial charge in [0.1, 0.15) is 17.0 Å². The third-order valence-corrected chi connectivity index (χ3v) is 3.32. The van der Waals surface area contributed by atoms with Crippen LogP contribution in [-0.2, 0) is 11.3 Å². The summed E-state index contributed by atoms with van der Waals surface area (Å²) in [5.74, 6) is -0.940. The van der Waals surface area contributed by atoms with Gasteiger partial charge in [-0.1, -0.05) is 29.8 Å². The molecule has 0 fully saturated rings. The van der Waals surface area contributed by atoms with Crippen LogP contribution in [0.1, 0.15) is 17.2 Å². The summed E-state index contributed by atoms with van der Waals surface area (Å²) in [6.07, 6.45) is 1.63. The summed E-state index contributed by atoms with van der Waals surface area (Å²) in [5, 5.41) is 0.401. The molecule has 0 saturated heterocycles. The standard InChI is InChI=1S/C15H15ClFN3O/c1-20(9-10-5-6-13(16)19-8-10)14(15(18)21)11-3-2-4-12(17)7-11/h2-8,14H,9H2,1H3,(H2,18,21). The number of halogens is 2. The Bertz CT molecular complexity index is 633. The van der Waals surface area contributed by atoms with Gasteiger partial charge < -0.3 is 5.73 Å². The lowest BCUT2D eigenvalue weighted by Crippen LogP contribution is -2.35. The molecule has 21 heavy (non-hydrogen) atoms. The molecule has 1 atom stereocenters. The Kier molecular flexibility index (Phi) is 4.88. The maximum absolute atomic E-state index is 13.3. The molecule has 2 N–H and O–H groups in total. The predicted molar refractivity (Wildman–Crippen MR) is 79.0 cm³/mol. The summed E-state index contributed by atoms with van der Waals surface area (Å²) >= 11 is 5.73. The number of carbonyl (C=O) groups excluding carboxylic acids is 1. The number of nitrogens with zero attached hydrogens (tertiary/aromatic N) is 2. The van der Waals surface area contributed by atoms with E-state index < -0.39 is 17.8 Å². The van der Waals surface area contributed by atoms with E-state index >= 15 is 0 Å². The van der Waals surface area contributed by atoms with Gasteiger partial charge in [-0.05, 0) is 36.4 Å². The Labute approximate surface area is 127 Å². The zero-order chi connectivity index (χ0) is 15.4. The van der Waals surface area contributed by atoms with Crippen molar-refractivity contribution in [3.05, 3.63) is 64.7 Å². The lowest BCUT2D eigenvalue weighted by Gasteiger charge is -2.25. The Morgan fingerprint density at radius 1 is 1.43 bits per heavy atom. The van der Waals surface area contributed by atoms with Crippen molar-refractivity contribution in [1.82, 2.24) is 9.88 Å². The third-order valence-electron chi connectivity index (χ3n) is 3.10. The molecule has 4 nitrogen and oxygen atoms in total. The predicted octanol–water partition coefficient (Wildman–Crippen LogP) is 2.53. The van der Waals surface area contributed by atoms with Crippen molar-refractivity contribution < 1.29 is 9.18 Å². The molecule has 1 unspecified atom stereocenters. The van der Waals surface area contributed by atoms with Crippen LogP contribution >= 0.6 is 11.6 Å². The second-order valence-electron chi connectivity index (χ2n) is 4.76. The molecule has 1 aromatic heterocycles. The van der Waals surface area contributed by atoms with Gasteiger partial charge in [-0.15, -0.1) is 0 Å². The van der Waals surface area contributed by atoms with Gasteiger partial charge in [0.15, 0.2) is 0 Å². The Morgan fingerprint density at radius 2 is 2.19 bits per heavy atom. The number of carbonyl (C=O) groups is 1. The molecule has 0 aliphatic carbocycles. The summed E-state index contributed by atoms with van der Waals surface area (Å²) in [4.78, 5) is 17.4. The summed E-state index contributed by atoms with van der Waals surface area (Å²) in [6, 6.07) is 8.64. The Balaban J connectivity index is 2.22. The fraction of sp³-hybridized carbons (Fsp3) is 0.200. The first kappa shape index (κ1) is 15.4. The molecule has 0 aliphatic heterocycles. The molecule has 0 bridgehead atoms. The van der Waals surface area contributed by atoms with E-state index in [1.165, 1.54) is 12.1 Å². The van der Waals surface area contributed by atoms with Crippen LogP contribution in [-0.4, -0.2) is 22.8 Å². The highest BCUT2D eigenvalue weighted by molar-refractivity contribution is 6.29. The number of rotatable bonds is 5. The summed E-state index contributed by atoms with van der Waals surface area (Å²) in [5.41, 5.74) is 6.86. The maximum atomic E-state index is 13.3. The Hall–Kier alpha value is -1.98. The molecule has 1 heterocycles. The van der Waals surface area contributed by atoms with Gasteiger partial charge >= 0.3 is 0 Å². The molecular formula is C15H15ClFN3O. The van der Waals surface area contributed by atoms with Crippen LogP contribution in [0.4, 0.5) is 4.39 Å². The van der Waals surface area contributed by atoms with E-state index in [0.29, 0.717) is 17.3 Å². The first-order chi connectivity index (χ1) is 9.97. The number of nitrogens with two attached hydrogens (primary N) is 1. The van der Waals surface area contributed by atoms with E-state index in [9.17, 15) is 9.18 Å². The number of benzene rings is 1. The van der Waals surface area contributed by atoms with Crippen molar-refractivity contribution in [3.63, 3.8) is 0 Å². The van der Waals surface area contributed by atoms with Gasteiger partial charge in [0.05, 0.1) is 0 Å². The largest absolute Gasteiger partial charge is 0.368 e. The lowest BCUT2D eigenvalue weighted by atomic mass is 10.0. The smallest absolute Gasteiger partial charge is 0.239 e. The maximum Gasteiger partial charge on any atom is 0.239 e. The highest BCUT2D eigenvalue weighted by Crippen LogP contribution is 2.22. The number of likely N-dealkylation sites (N-methyl/N-ethyl adjacent to an activating group) is 1. The van der Waals surface area contributed by atoms with Crippen LogP contribution in [0.25, 0.3) is 0 Å². The molecule has 110 valence electrons. The normalized spacial score (nSPS) is 12.4. The van der Waals surface area contributed by atoms with Crippen LogP contribution in [0.15, 0.2) is 42.6 Å². The van der Waals surface area contributed by atoms with E-state index in [1.54, 1.807) is 36.3 Å². The topological polar surface area (TPSA) is 59.2 Å². The number of pyridine rings is 1. The van der Waals surface area contributed by atoms with Crippen LogP contribution < -0.4 is 5.73 Å². The van der Waals surface area contributed by atoms with Gasteiger partial charge in [0.2, 0.25) is 5.91 Å². The first-order valence-corrected chi connectivity index (χ1v) is 6.70. The van der Waals surface area contributed by atoms with E-state index in [2.05, 4.69) is 4.98 Å². The highest BCUT2D eigenvalue weighted by atomic mass is 35.5. The minimum atomic E-state index is -0.712. The van der Waals surface area contributed by atoms with Crippen molar-refractivity contribution in [1.29, 1.82) is 0 Å². The fourth-order valence-corrected chi connectivity index (χ4v) is 2.30. The lowest BCUT2D eigenvalue weighted by molar-refractivity contribution is -0.123. The third kappa shape index (κ3) is 4.00. The minimum absolute atomic E-state index is 0.401. The van der Waals surface area contributed by atoms with Crippen LogP contribution in [0, 0.1) is 5.82 Å². The van der Waals surface area contributed by atoms with Gasteiger partial charge in [0, 0.05) is 12.7 Å². The molecule has 1 aromatic carbocycles. The molecule has 0 radical (unpaired) electrons. The molecular weight excluding hydrogens is 293 g/mol. The number of hydrogen-bond acceptors (Lipinski definition) is 3. The highest BCUT2D eigenvalue weighted by Gasteiger charge is 2.23. The van der Waals surface area contributed by atoms with E-state index in [4.69, 9.17) is 17.3 Å². The number of primary amides is 1. The molecule has 0 aliphatic rings. The second kappa shape index (κ2) is 6.65. The Morgan fingerprint density at radius 3 is 2.76 bits per heavy atom. The molecule has 6 heteroatoms. The van der Waals surface area contributed by atoms with E-state index in [-0.39, 0.29) is 0 Å². The monoisotopic (exact) mass is 307 g/mol. The quantitative estimate of drug-likeness (QED) is 0.864. The number of amides is 1. The average molecular weight is 308 g/mol. The molecule has 2 rings (SSSR count). The summed E-state index contributed by atoms with van der Waals surface area (Å²) in [7, 11) is 1.74. The SMILES string of the molecule is CN(Cc1ccc(Cl)nc1)C(C(N)=O)c1cccc(F)c1. The van der Waals surface area contributed by atoms with Crippen molar-refractivity contribution in [2.45, 2.75) is 12.6 Å². The van der Waals surface area contributed by atoms with Crippen molar-refractivity contribution >= 4 is 17.5 Å². The van der Waals surface area contributed by atoms with Crippen molar-refractivity contribution in [3.8, 4) is 0 Å². The van der Waals surface area contributed by atoms with Crippen LogP contribution in [0.2, 0.25) is 5.15 Å².